The van der Waals surface area contributed by atoms with Crippen LogP contribution in [0.2, 0.25) is 0 Å². The van der Waals surface area contributed by atoms with Gasteiger partial charge in [-0.1, -0.05) is 15.9 Å². The van der Waals surface area contributed by atoms with E-state index in [0.717, 1.165) is 25.9 Å². The number of hydrogen-bond acceptors (Lipinski definition) is 3. The molecule has 3 nitrogen and oxygen atoms in total. The molecule has 0 radical (unpaired) electrons. The Bertz CT molecular complexity index is 459. The molecule has 0 aromatic heterocycles. The number of rotatable bonds is 3. The van der Waals surface area contributed by atoms with E-state index < -0.39 is 6.36 Å². The topological polar surface area (TPSA) is 24.5 Å². The Labute approximate surface area is 124 Å². The molecule has 0 bridgehead atoms. The van der Waals surface area contributed by atoms with Gasteiger partial charge in [-0.25, -0.2) is 0 Å². The summed E-state index contributed by atoms with van der Waals surface area (Å²) in [5.74, 6) is -0.203. The minimum Gasteiger partial charge on any atom is -0.404 e. The van der Waals surface area contributed by atoms with E-state index in [4.69, 9.17) is 0 Å². The number of halogens is 4. The largest absolute Gasteiger partial charge is 0.573 e. The van der Waals surface area contributed by atoms with Gasteiger partial charge in [0.15, 0.2) is 5.75 Å². The summed E-state index contributed by atoms with van der Waals surface area (Å²) in [6.45, 7) is 1.87. The Balaban J connectivity index is 2.10. The van der Waals surface area contributed by atoms with Crippen molar-refractivity contribution in [2.45, 2.75) is 25.2 Å². The summed E-state index contributed by atoms with van der Waals surface area (Å²) < 4.78 is 41.9. The fourth-order valence-electron chi connectivity index (χ4n) is 2.20. The zero-order valence-electron chi connectivity index (χ0n) is 11.0. The molecule has 7 heteroatoms. The Hall–Kier alpha value is -0.950. The van der Waals surface area contributed by atoms with E-state index in [2.05, 4.69) is 30.9 Å². The number of anilines is 1. The molecular formula is C13H16BrF3N2O. The molecule has 1 N–H and O–H groups in total. The highest BCUT2D eigenvalue weighted by Gasteiger charge is 2.32. The molecule has 0 atom stereocenters. The summed E-state index contributed by atoms with van der Waals surface area (Å²) in [5, 5.41) is 3.15. The van der Waals surface area contributed by atoms with Crippen LogP contribution in [0.5, 0.6) is 5.75 Å². The Morgan fingerprint density at radius 3 is 2.55 bits per heavy atom. The third-order valence-corrected chi connectivity index (χ3v) is 3.74. The van der Waals surface area contributed by atoms with Gasteiger partial charge in [0.05, 0.1) is 5.69 Å². The lowest BCUT2D eigenvalue weighted by molar-refractivity contribution is -0.274. The van der Waals surface area contributed by atoms with Crippen LogP contribution < -0.4 is 10.1 Å². The number of alkyl halides is 3. The first kappa shape index (κ1) is 15.4. The maximum absolute atomic E-state index is 12.4. The smallest absolute Gasteiger partial charge is 0.404 e. The normalized spacial score (nSPS) is 18.1. The van der Waals surface area contributed by atoms with Crippen LogP contribution in [0.3, 0.4) is 0 Å². The molecule has 0 aliphatic carbocycles. The van der Waals surface area contributed by atoms with E-state index >= 15 is 0 Å². The first-order valence-corrected chi connectivity index (χ1v) is 7.13. The van der Waals surface area contributed by atoms with E-state index in [1.165, 1.54) is 6.07 Å². The summed E-state index contributed by atoms with van der Waals surface area (Å²) in [5.41, 5.74) is 0.375. The molecule has 1 fully saturated rings. The van der Waals surface area contributed by atoms with Crippen LogP contribution in [0.25, 0.3) is 0 Å². The van der Waals surface area contributed by atoms with Crippen LogP contribution in [0.1, 0.15) is 12.8 Å². The Kier molecular flexibility index (Phi) is 4.80. The van der Waals surface area contributed by atoms with Crippen LogP contribution in [0.4, 0.5) is 18.9 Å². The average Bonchev–Trinajstić information content (AvgIpc) is 2.33. The van der Waals surface area contributed by atoms with Gasteiger partial charge in [0.25, 0.3) is 0 Å². The summed E-state index contributed by atoms with van der Waals surface area (Å²) in [4.78, 5) is 2.20. The number of benzene rings is 1. The van der Waals surface area contributed by atoms with Gasteiger partial charge in [0.1, 0.15) is 0 Å². The molecule has 0 saturated carbocycles. The standard InChI is InChI=1S/C13H16BrF3N2O/c1-19-6-4-10(5-7-19)18-11-3-2-9(14)8-12(11)20-13(15,16)17/h2-3,8,10,18H,4-7H2,1H3. The molecule has 1 heterocycles. The van der Waals surface area contributed by atoms with E-state index in [9.17, 15) is 13.2 Å². The van der Waals surface area contributed by atoms with E-state index in [0.29, 0.717) is 10.2 Å². The van der Waals surface area contributed by atoms with Gasteiger partial charge in [-0.2, -0.15) is 0 Å². The molecule has 20 heavy (non-hydrogen) atoms. The number of piperidine rings is 1. The number of nitrogens with zero attached hydrogens (tertiary/aromatic N) is 1. The van der Waals surface area contributed by atoms with Crippen molar-refractivity contribution in [1.82, 2.24) is 4.90 Å². The maximum atomic E-state index is 12.4. The van der Waals surface area contributed by atoms with Crippen LogP contribution in [-0.4, -0.2) is 37.4 Å². The van der Waals surface area contributed by atoms with Gasteiger partial charge in [-0.3, -0.25) is 0 Å². The number of nitrogens with one attached hydrogen (secondary N) is 1. The number of hydrogen-bond donors (Lipinski definition) is 1. The lowest BCUT2D eigenvalue weighted by atomic mass is 10.1. The molecule has 112 valence electrons. The van der Waals surface area contributed by atoms with Gasteiger partial charge < -0.3 is 15.0 Å². The van der Waals surface area contributed by atoms with Crippen molar-refractivity contribution in [1.29, 1.82) is 0 Å². The highest BCUT2D eigenvalue weighted by molar-refractivity contribution is 9.10. The van der Waals surface area contributed by atoms with Gasteiger partial charge in [0.2, 0.25) is 0 Å². The molecule has 0 amide bonds. The monoisotopic (exact) mass is 352 g/mol. The third-order valence-electron chi connectivity index (χ3n) is 3.25. The van der Waals surface area contributed by atoms with Crippen LogP contribution in [0, 0.1) is 0 Å². The quantitative estimate of drug-likeness (QED) is 0.893. The first-order valence-electron chi connectivity index (χ1n) is 6.34. The summed E-state index contributed by atoms with van der Waals surface area (Å²) >= 11 is 3.16. The zero-order chi connectivity index (χ0) is 14.8. The molecule has 0 spiro atoms. The zero-order valence-corrected chi connectivity index (χ0v) is 12.6. The summed E-state index contributed by atoms with van der Waals surface area (Å²) in [6.07, 6.45) is -2.89. The highest BCUT2D eigenvalue weighted by Crippen LogP contribution is 2.34. The second kappa shape index (κ2) is 6.22. The van der Waals surface area contributed by atoms with Crippen LogP contribution in [0.15, 0.2) is 22.7 Å². The van der Waals surface area contributed by atoms with Gasteiger partial charge >= 0.3 is 6.36 Å². The fourth-order valence-corrected chi connectivity index (χ4v) is 2.54. The first-order chi connectivity index (χ1) is 9.33. The van der Waals surface area contributed by atoms with Crippen molar-refractivity contribution >= 4 is 21.6 Å². The minimum absolute atomic E-state index is 0.169. The average molecular weight is 353 g/mol. The molecular weight excluding hydrogens is 337 g/mol. The van der Waals surface area contributed by atoms with Crippen molar-refractivity contribution in [2.75, 3.05) is 25.5 Å². The Morgan fingerprint density at radius 1 is 1.30 bits per heavy atom. The second-order valence-electron chi connectivity index (χ2n) is 4.91. The third kappa shape index (κ3) is 4.56. The number of ether oxygens (including phenoxy) is 1. The molecule has 1 aliphatic heterocycles. The summed E-state index contributed by atoms with van der Waals surface area (Å²) in [7, 11) is 2.04. The van der Waals surface area contributed by atoms with Crippen molar-refractivity contribution in [2.24, 2.45) is 0 Å². The van der Waals surface area contributed by atoms with Crippen molar-refractivity contribution < 1.29 is 17.9 Å². The van der Waals surface area contributed by atoms with E-state index in [1.807, 2.05) is 7.05 Å². The van der Waals surface area contributed by atoms with Gasteiger partial charge in [-0.15, -0.1) is 13.2 Å². The van der Waals surface area contributed by atoms with Crippen LogP contribution in [-0.2, 0) is 0 Å². The SMILES string of the molecule is CN1CCC(Nc2ccc(Br)cc2OC(F)(F)F)CC1. The van der Waals surface area contributed by atoms with E-state index in [-0.39, 0.29) is 11.8 Å². The lowest BCUT2D eigenvalue weighted by Gasteiger charge is -2.30. The van der Waals surface area contributed by atoms with Crippen molar-refractivity contribution in [3.8, 4) is 5.75 Å². The molecule has 2 rings (SSSR count). The molecule has 1 aliphatic rings. The Morgan fingerprint density at radius 2 is 1.95 bits per heavy atom. The second-order valence-corrected chi connectivity index (χ2v) is 5.83. The van der Waals surface area contributed by atoms with Gasteiger partial charge in [0, 0.05) is 10.5 Å². The minimum atomic E-state index is -4.69. The predicted molar refractivity (Wildman–Crippen MR) is 75.0 cm³/mol. The molecule has 1 aromatic rings. The van der Waals surface area contributed by atoms with Gasteiger partial charge in [-0.05, 0) is 51.2 Å². The fraction of sp³-hybridized carbons (Fsp3) is 0.538. The predicted octanol–water partition coefficient (Wildman–Crippen LogP) is 3.85. The highest BCUT2D eigenvalue weighted by atomic mass is 79.9. The molecule has 0 unspecified atom stereocenters. The van der Waals surface area contributed by atoms with Crippen molar-refractivity contribution in [3.05, 3.63) is 22.7 Å². The van der Waals surface area contributed by atoms with Crippen LogP contribution >= 0.6 is 15.9 Å². The molecule has 1 saturated heterocycles. The number of likely N-dealkylation sites (tertiary alicyclic amines) is 1. The van der Waals surface area contributed by atoms with E-state index in [1.54, 1.807) is 12.1 Å². The molecule has 1 aromatic carbocycles. The van der Waals surface area contributed by atoms with Crippen molar-refractivity contribution in [3.63, 3.8) is 0 Å². The lowest BCUT2D eigenvalue weighted by Crippen LogP contribution is -2.36. The summed E-state index contributed by atoms with van der Waals surface area (Å²) in [6, 6.07) is 4.79. The maximum Gasteiger partial charge on any atom is 0.573 e.